The van der Waals surface area contributed by atoms with E-state index in [4.69, 9.17) is 11.6 Å². The van der Waals surface area contributed by atoms with Crippen LogP contribution in [0.4, 0.5) is 8.78 Å². The molecular weight excluding hydrogens is 334 g/mol. The second kappa shape index (κ2) is 8.76. The number of benzene rings is 2. The van der Waals surface area contributed by atoms with Gasteiger partial charge >= 0.3 is 0 Å². The van der Waals surface area contributed by atoms with E-state index in [1.165, 1.54) is 0 Å². The quantitative estimate of drug-likeness (QED) is 0.744. The molecule has 0 radical (unpaired) electrons. The van der Waals surface area contributed by atoms with Gasteiger partial charge in [-0.3, -0.25) is 4.79 Å². The summed E-state index contributed by atoms with van der Waals surface area (Å²) in [5.74, 6) is -1.43. The Hall–Kier alpha value is -1.98. The van der Waals surface area contributed by atoms with Crippen molar-refractivity contribution in [3.63, 3.8) is 0 Å². The van der Waals surface area contributed by atoms with Crippen molar-refractivity contribution in [3.8, 4) is 0 Å². The van der Waals surface area contributed by atoms with Crippen molar-refractivity contribution in [1.82, 2.24) is 10.6 Å². The van der Waals surface area contributed by atoms with E-state index in [-0.39, 0.29) is 17.9 Å². The molecule has 2 aromatic carbocycles. The van der Waals surface area contributed by atoms with Crippen LogP contribution in [0, 0.1) is 11.6 Å². The van der Waals surface area contributed by atoms with Crippen LogP contribution < -0.4 is 10.6 Å². The van der Waals surface area contributed by atoms with Crippen molar-refractivity contribution < 1.29 is 13.6 Å². The SMILES string of the molecule is CNCCCC(=O)NC(c1cc(F)ccc1F)c1ccccc1Cl. The summed E-state index contributed by atoms with van der Waals surface area (Å²) in [6.45, 7) is 0.693. The van der Waals surface area contributed by atoms with Crippen LogP contribution in [0.1, 0.15) is 30.0 Å². The topological polar surface area (TPSA) is 41.1 Å². The first-order valence-electron chi connectivity index (χ1n) is 7.66. The van der Waals surface area contributed by atoms with E-state index in [1.54, 1.807) is 31.3 Å². The van der Waals surface area contributed by atoms with Crippen molar-refractivity contribution in [3.05, 3.63) is 70.2 Å². The Bertz CT molecular complexity index is 709. The summed E-state index contributed by atoms with van der Waals surface area (Å²) in [6, 6.07) is 9.12. The maximum atomic E-state index is 14.2. The van der Waals surface area contributed by atoms with Crippen molar-refractivity contribution in [2.45, 2.75) is 18.9 Å². The highest BCUT2D eigenvalue weighted by molar-refractivity contribution is 6.31. The first-order chi connectivity index (χ1) is 11.5. The van der Waals surface area contributed by atoms with Crippen molar-refractivity contribution >= 4 is 17.5 Å². The first kappa shape index (κ1) is 18.4. The molecule has 2 aromatic rings. The number of carbonyl (C=O) groups excluding carboxylic acids is 1. The summed E-state index contributed by atoms with van der Waals surface area (Å²) < 4.78 is 27.8. The molecule has 1 amide bonds. The largest absolute Gasteiger partial charge is 0.345 e. The maximum absolute atomic E-state index is 14.2. The van der Waals surface area contributed by atoms with Gasteiger partial charge in [-0.15, -0.1) is 0 Å². The van der Waals surface area contributed by atoms with Gasteiger partial charge < -0.3 is 10.6 Å². The van der Waals surface area contributed by atoms with Crippen molar-refractivity contribution in [1.29, 1.82) is 0 Å². The predicted octanol–water partition coefficient (Wildman–Crippen LogP) is 3.82. The zero-order chi connectivity index (χ0) is 17.5. The summed E-state index contributed by atoms with van der Waals surface area (Å²) in [4.78, 5) is 12.2. The highest BCUT2D eigenvalue weighted by Gasteiger charge is 2.22. The molecule has 0 aliphatic rings. The van der Waals surface area contributed by atoms with E-state index in [0.717, 1.165) is 18.2 Å². The molecule has 0 aliphatic heterocycles. The van der Waals surface area contributed by atoms with Gasteiger partial charge in [-0.05, 0) is 49.8 Å². The van der Waals surface area contributed by atoms with E-state index in [1.807, 2.05) is 0 Å². The molecule has 0 saturated heterocycles. The third kappa shape index (κ3) is 4.76. The molecule has 0 heterocycles. The molecule has 0 spiro atoms. The van der Waals surface area contributed by atoms with E-state index in [0.29, 0.717) is 23.6 Å². The number of halogens is 3. The van der Waals surface area contributed by atoms with Crippen LogP contribution in [0.2, 0.25) is 5.02 Å². The zero-order valence-electron chi connectivity index (χ0n) is 13.3. The third-order valence-electron chi connectivity index (χ3n) is 3.62. The third-order valence-corrected chi connectivity index (χ3v) is 3.97. The van der Waals surface area contributed by atoms with Gasteiger partial charge in [0, 0.05) is 17.0 Å². The lowest BCUT2D eigenvalue weighted by Gasteiger charge is -2.21. The Morgan fingerprint density at radius 2 is 1.92 bits per heavy atom. The number of rotatable bonds is 7. The molecule has 2 rings (SSSR count). The van der Waals surface area contributed by atoms with Gasteiger partial charge in [-0.1, -0.05) is 29.8 Å². The van der Waals surface area contributed by atoms with Crippen molar-refractivity contribution in [2.75, 3.05) is 13.6 Å². The van der Waals surface area contributed by atoms with Gasteiger partial charge in [0.1, 0.15) is 11.6 Å². The summed E-state index contributed by atoms with van der Waals surface area (Å²) in [7, 11) is 1.80. The Balaban J connectivity index is 2.34. The number of amides is 1. The lowest BCUT2D eigenvalue weighted by atomic mass is 9.97. The van der Waals surface area contributed by atoms with Crippen LogP contribution in [0.3, 0.4) is 0 Å². The molecule has 0 aliphatic carbocycles. The number of nitrogens with one attached hydrogen (secondary N) is 2. The minimum absolute atomic E-state index is 0.0464. The normalized spacial score (nSPS) is 12.0. The molecule has 24 heavy (non-hydrogen) atoms. The van der Waals surface area contributed by atoms with Crippen LogP contribution in [0.25, 0.3) is 0 Å². The van der Waals surface area contributed by atoms with Crippen LogP contribution in [-0.4, -0.2) is 19.5 Å². The standard InChI is InChI=1S/C18H19ClF2N2O/c1-22-10-4-7-17(24)23-18(13-5-2-3-6-15(13)19)14-11-12(20)8-9-16(14)21/h2-3,5-6,8-9,11,18,22H,4,7,10H2,1H3,(H,23,24). The fourth-order valence-corrected chi connectivity index (χ4v) is 2.67. The Kier molecular flexibility index (Phi) is 6.70. The van der Waals surface area contributed by atoms with Crippen LogP contribution in [0.5, 0.6) is 0 Å². The fourth-order valence-electron chi connectivity index (χ4n) is 2.43. The molecule has 3 nitrogen and oxygen atoms in total. The fraction of sp³-hybridized carbons (Fsp3) is 0.278. The van der Waals surface area contributed by atoms with Crippen LogP contribution in [0.15, 0.2) is 42.5 Å². The summed E-state index contributed by atoms with van der Waals surface area (Å²) in [5.41, 5.74) is 0.565. The predicted molar refractivity (Wildman–Crippen MR) is 91.0 cm³/mol. The lowest BCUT2D eigenvalue weighted by Crippen LogP contribution is -2.30. The summed E-state index contributed by atoms with van der Waals surface area (Å²) in [5, 5.41) is 6.09. The molecule has 0 fully saturated rings. The second-order valence-electron chi connectivity index (χ2n) is 5.39. The second-order valence-corrected chi connectivity index (χ2v) is 5.80. The molecule has 2 N–H and O–H groups in total. The first-order valence-corrected chi connectivity index (χ1v) is 8.04. The Morgan fingerprint density at radius 3 is 2.62 bits per heavy atom. The van der Waals surface area contributed by atoms with E-state index in [2.05, 4.69) is 10.6 Å². The lowest BCUT2D eigenvalue weighted by molar-refractivity contribution is -0.121. The van der Waals surface area contributed by atoms with Gasteiger partial charge in [-0.25, -0.2) is 8.78 Å². The van der Waals surface area contributed by atoms with Crippen LogP contribution in [-0.2, 0) is 4.79 Å². The molecule has 0 saturated carbocycles. The molecule has 128 valence electrons. The average Bonchev–Trinajstić information content (AvgIpc) is 2.56. The zero-order valence-corrected chi connectivity index (χ0v) is 14.0. The van der Waals surface area contributed by atoms with Crippen LogP contribution >= 0.6 is 11.6 Å². The van der Waals surface area contributed by atoms with Gasteiger partial charge in [0.05, 0.1) is 6.04 Å². The smallest absolute Gasteiger partial charge is 0.220 e. The molecular formula is C18H19ClF2N2O. The van der Waals surface area contributed by atoms with Gasteiger partial charge in [-0.2, -0.15) is 0 Å². The summed E-state index contributed by atoms with van der Waals surface area (Å²) in [6.07, 6.45) is 0.919. The maximum Gasteiger partial charge on any atom is 0.220 e. The Labute approximate surface area is 145 Å². The minimum atomic E-state index is -0.850. The van der Waals surface area contributed by atoms with E-state index < -0.39 is 17.7 Å². The van der Waals surface area contributed by atoms with Gasteiger partial charge in [0.15, 0.2) is 0 Å². The van der Waals surface area contributed by atoms with E-state index in [9.17, 15) is 13.6 Å². The monoisotopic (exact) mass is 352 g/mol. The summed E-state index contributed by atoms with van der Waals surface area (Å²) >= 11 is 6.19. The molecule has 1 atom stereocenters. The Morgan fingerprint density at radius 1 is 1.17 bits per heavy atom. The molecule has 6 heteroatoms. The number of hydrogen-bond acceptors (Lipinski definition) is 2. The van der Waals surface area contributed by atoms with E-state index >= 15 is 0 Å². The highest BCUT2D eigenvalue weighted by atomic mass is 35.5. The molecule has 0 aromatic heterocycles. The van der Waals surface area contributed by atoms with Gasteiger partial charge in [0.2, 0.25) is 5.91 Å². The molecule has 0 bridgehead atoms. The van der Waals surface area contributed by atoms with Crippen molar-refractivity contribution in [2.24, 2.45) is 0 Å². The average molecular weight is 353 g/mol. The minimum Gasteiger partial charge on any atom is -0.345 e. The van der Waals surface area contributed by atoms with Gasteiger partial charge in [0.25, 0.3) is 0 Å². The highest BCUT2D eigenvalue weighted by Crippen LogP contribution is 2.30. The number of carbonyl (C=O) groups is 1. The number of hydrogen-bond donors (Lipinski definition) is 2. The molecule has 1 unspecified atom stereocenters.